The first-order chi connectivity index (χ1) is 18.6. The molecule has 39 heavy (non-hydrogen) atoms. The van der Waals surface area contributed by atoms with E-state index in [2.05, 4.69) is 20.5 Å². The number of pyridine rings is 1. The molecule has 1 aliphatic rings. The average Bonchev–Trinajstić information content (AvgIpc) is 2.91. The standard InChI is InChI=1S/C29H29F3N4O3/c1-28(37)12-3-4-20(15-28)34-27-24-16-33-13-11-22(24)26(35-36-27)23-10-7-19(29(30,31)32)14-25(23)39-17-18-5-8-21(38-2)9-6-18/h5-11,13-14,16,20,37H,3-4,12,15,17H2,1-2H3,(H,34,36)/t20-,28-/m1/s1. The number of anilines is 1. The van der Waals surface area contributed by atoms with E-state index in [9.17, 15) is 18.3 Å². The number of halogens is 3. The number of hydrogen-bond acceptors (Lipinski definition) is 7. The van der Waals surface area contributed by atoms with Crippen LogP contribution >= 0.6 is 0 Å². The molecular formula is C29H29F3N4O3. The number of rotatable bonds is 7. The largest absolute Gasteiger partial charge is 0.497 e. The van der Waals surface area contributed by atoms with Crippen LogP contribution in [0.15, 0.2) is 60.9 Å². The van der Waals surface area contributed by atoms with Gasteiger partial charge in [-0.25, -0.2) is 0 Å². The van der Waals surface area contributed by atoms with Gasteiger partial charge in [-0.2, -0.15) is 13.2 Å². The van der Waals surface area contributed by atoms with Gasteiger partial charge in [0.25, 0.3) is 0 Å². The van der Waals surface area contributed by atoms with Gasteiger partial charge in [0.2, 0.25) is 0 Å². The molecule has 5 rings (SSSR count). The minimum Gasteiger partial charge on any atom is -0.497 e. The fourth-order valence-corrected chi connectivity index (χ4v) is 4.98. The second-order valence-corrected chi connectivity index (χ2v) is 10.1. The number of hydrogen-bond donors (Lipinski definition) is 2. The predicted molar refractivity (Wildman–Crippen MR) is 142 cm³/mol. The molecule has 0 bridgehead atoms. The van der Waals surface area contributed by atoms with E-state index in [4.69, 9.17) is 9.47 Å². The van der Waals surface area contributed by atoms with Gasteiger partial charge in [-0.1, -0.05) is 12.1 Å². The molecule has 1 saturated carbocycles. The van der Waals surface area contributed by atoms with E-state index in [1.54, 1.807) is 49.8 Å². The molecule has 2 aromatic heterocycles. The van der Waals surface area contributed by atoms with Crippen molar-refractivity contribution >= 4 is 16.6 Å². The highest BCUT2D eigenvalue weighted by Gasteiger charge is 2.32. The molecule has 4 aromatic rings. The third kappa shape index (κ3) is 6.06. The highest BCUT2D eigenvalue weighted by molar-refractivity contribution is 6.00. The molecular weight excluding hydrogens is 509 g/mol. The van der Waals surface area contributed by atoms with Crippen molar-refractivity contribution in [2.45, 2.75) is 57.0 Å². The predicted octanol–water partition coefficient (Wildman–Crippen LogP) is 6.40. The molecule has 1 aliphatic carbocycles. The van der Waals surface area contributed by atoms with Crippen LogP contribution in [0.1, 0.15) is 43.7 Å². The van der Waals surface area contributed by atoms with E-state index in [1.807, 2.05) is 6.92 Å². The number of aliphatic hydroxyl groups is 1. The molecule has 0 radical (unpaired) electrons. The number of alkyl halides is 3. The molecule has 2 heterocycles. The molecule has 0 saturated heterocycles. The second-order valence-electron chi connectivity index (χ2n) is 10.1. The van der Waals surface area contributed by atoms with E-state index >= 15 is 0 Å². The lowest BCUT2D eigenvalue weighted by molar-refractivity contribution is -0.137. The van der Waals surface area contributed by atoms with Crippen LogP contribution in [-0.2, 0) is 12.8 Å². The van der Waals surface area contributed by atoms with Crippen molar-refractivity contribution in [3.63, 3.8) is 0 Å². The van der Waals surface area contributed by atoms with E-state index < -0.39 is 17.3 Å². The maximum Gasteiger partial charge on any atom is 0.416 e. The molecule has 10 heteroatoms. The summed E-state index contributed by atoms with van der Waals surface area (Å²) >= 11 is 0. The summed E-state index contributed by atoms with van der Waals surface area (Å²) < 4.78 is 51.9. The Hall–Kier alpha value is -3.92. The maximum atomic E-state index is 13.6. The van der Waals surface area contributed by atoms with E-state index in [1.165, 1.54) is 6.07 Å². The Morgan fingerprint density at radius 2 is 1.87 bits per heavy atom. The maximum absolute atomic E-state index is 13.6. The molecule has 2 N–H and O–H groups in total. The van der Waals surface area contributed by atoms with Crippen molar-refractivity contribution in [3.05, 3.63) is 72.1 Å². The van der Waals surface area contributed by atoms with Gasteiger partial charge in [0.05, 0.1) is 18.3 Å². The Balaban J connectivity index is 1.52. The number of aromatic nitrogens is 3. The monoisotopic (exact) mass is 538 g/mol. The summed E-state index contributed by atoms with van der Waals surface area (Å²) in [5, 5.41) is 24.1. The number of fused-ring (bicyclic) bond motifs is 1. The Bertz CT molecular complexity index is 1460. The molecule has 0 aliphatic heterocycles. The molecule has 1 fully saturated rings. The number of methoxy groups -OCH3 is 1. The van der Waals surface area contributed by atoms with Crippen LogP contribution in [0.4, 0.5) is 19.0 Å². The quantitative estimate of drug-likeness (QED) is 0.281. The Morgan fingerprint density at radius 3 is 2.59 bits per heavy atom. The van der Waals surface area contributed by atoms with Crippen molar-refractivity contribution in [3.8, 4) is 22.8 Å². The zero-order valence-electron chi connectivity index (χ0n) is 21.6. The van der Waals surface area contributed by atoms with Crippen molar-refractivity contribution < 1.29 is 27.8 Å². The normalized spacial score (nSPS) is 19.6. The summed E-state index contributed by atoms with van der Waals surface area (Å²) in [6, 6.07) is 12.2. The minimum atomic E-state index is -4.54. The summed E-state index contributed by atoms with van der Waals surface area (Å²) in [5.74, 6) is 1.22. The lowest BCUT2D eigenvalue weighted by Gasteiger charge is -2.34. The molecule has 204 valence electrons. The summed E-state index contributed by atoms with van der Waals surface area (Å²) in [6.45, 7) is 1.87. The minimum absolute atomic E-state index is 0.00626. The Morgan fingerprint density at radius 1 is 1.08 bits per heavy atom. The molecule has 0 amide bonds. The van der Waals surface area contributed by atoms with Gasteiger partial charge in [0, 0.05) is 34.8 Å². The first-order valence-corrected chi connectivity index (χ1v) is 12.7. The topological polar surface area (TPSA) is 89.4 Å². The summed E-state index contributed by atoms with van der Waals surface area (Å²) in [4.78, 5) is 4.24. The summed E-state index contributed by atoms with van der Waals surface area (Å²) in [6.07, 6.45) is 1.79. The molecule has 2 aromatic carbocycles. The van der Waals surface area contributed by atoms with Gasteiger partial charge in [-0.3, -0.25) is 4.98 Å². The fourth-order valence-electron chi connectivity index (χ4n) is 4.98. The first kappa shape index (κ1) is 26.7. The van der Waals surface area contributed by atoms with Crippen molar-refractivity contribution in [1.29, 1.82) is 0 Å². The van der Waals surface area contributed by atoms with Gasteiger partial charge < -0.3 is 19.9 Å². The van der Waals surface area contributed by atoms with Crippen molar-refractivity contribution in [2.75, 3.05) is 12.4 Å². The summed E-state index contributed by atoms with van der Waals surface area (Å²) in [5.41, 5.74) is -0.0487. The Kier molecular flexibility index (Phi) is 7.31. The zero-order chi connectivity index (χ0) is 27.6. The molecule has 2 atom stereocenters. The lowest BCUT2D eigenvalue weighted by Crippen LogP contribution is -2.38. The lowest BCUT2D eigenvalue weighted by atomic mass is 9.83. The van der Waals surface area contributed by atoms with Crippen molar-refractivity contribution in [2.24, 2.45) is 0 Å². The van der Waals surface area contributed by atoms with Gasteiger partial charge >= 0.3 is 6.18 Å². The van der Waals surface area contributed by atoms with Crippen LogP contribution in [0.5, 0.6) is 11.5 Å². The first-order valence-electron chi connectivity index (χ1n) is 12.7. The van der Waals surface area contributed by atoms with Gasteiger partial charge in [0.15, 0.2) is 5.82 Å². The van der Waals surface area contributed by atoms with Crippen LogP contribution in [0.25, 0.3) is 22.0 Å². The SMILES string of the molecule is COc1ccc(COc2cc(C(F)(F)F)ccc2-c2nnc(N[C@@H]3CCC[C@@](C)(O)C3)c3cnccc23)cc1. The van der Waals surface area contributed by atoms with Crippen LogP contribution in [0.3, 0.4) is 0 Å². The van der Waals surface area contributed by atoms with Crippen LogP contribution in [0.2, 0.25) is 0 Å². The zero-order valence-corrected chi connectivity index (χ0v) is 21.6. The molecule has 0 unspecified atom stereocenters. The van der Waals surface area contributed by atoms with Crippen molar-refractivity contribution in [1.82, 2.24) is 15.2 Å². The highest BCUT2D eigenvalue weighted by Crippen LogP contribution is 2.40. The van der Waals surface area contributed by atoms with Gasteiger partial charge in [-0.05, 0) is 74.6 Å². The van der Waals surface area contributed by atoms with Gasteiger partial charge in [0.1, 0.15) is 23.8 Å². The van der Waals surface area contributed by atoms with E-state index in [0.29, 0.717) is 40.0 Å². The third-order valence-corrected chi connectivity index (χ3v) is 6.99. The average molecular weight is 539 g/mol. The number of ether oxygens (including phenoxy) is 2. The van der Waals surface area contributed by atoms with Crippen LogP contribution in [-0.4, -0.2) is 39.0 Å². The summed E-state index contributed by atoms with van der Waals surface area (Å²) in [7, 11) is 1.56. The highest BCUT2D eigenvalue weighted by atomic mass is 19.4. The second kappa shape index (κ2) is 10.7. The number of nitrogens with one attached hydrogen (secondary N) is 1. The fraction of sp³-hybridized carbons (Fsp3) is 0.345. The molecule has 0 spiro atoms. The molecule has 7 nitrogen and oxygen atoms in total. The third-order valence-electron chi connectivity index (χ3n) is 6.99. The van der Waals surface area contributed by atoms with Crippen LogP contribution in [0, 0.1) is 0 Å². The van der Waals surface area contributed by atoms with E-state index in [-0.39, 0.29) is 18.4 Å². The van der Waals surface area contributed by atoms with Crippen LogP contribution < -0.4 is 14.8 Å². The van der Waals surface area contributed by atoms with Gasteiger partial charge in [-0.15, -0.1) is 10.2 Å². The number of nitrogens with zero attached hydrogens (tertiary/aromatic N) is 3. The van der Waals surface area contributed by atoms with E-state index in [0.717, 1.165) is 37.0 Å². The smallest absolute Gasteiger partial charge is 0.416 e. The number of benzene rings is 2. The Labute approximate surface area is 224 Å².